The molecule has 3 amide bonds. The Morgan fingerprint density at radius 3 is 2.18 bits per heavy atom. The van der Waals surface area contributed by atoms with Gasteiger partial charge in [-0.15, -0.1) is 0 Å². The van der Waals surface area contributed by atoms with Crippen molar-refractivity contribution >= 4 is 63.8 Å². The minimum atomic E-state index is -0.681. The van der Waals surface area contributed by atoms with Crippen LogP contribution in [0.1, 0.15) is 27.6 Å². The van der Waals surface area contributed by atoms with Gasteiger partial charge in [-0.2, -0.15) is 0 Å². The zero-order valence-corrected chi connectivity index (χ0v) is 19.3. The number of Topliss-reactive ketones (excluding diaryl/α,β-unsaturated/α-hetero) is 1. The number of halogens is 2. The van der Waals surface area contributed by atoms with Gasteiger partial charge in [0, 0.05) is 27.5 Å². The van der Waals surface area contributed by atoms with Gasteiger partial charge in [0.05, 0.1) is 5.69 Å². The highest BCUT2D eigenvalue weighted by atomic mass is 35.5. The summed E-state index contributed by atoms with van der Waals surface area (Å²) in [7, 11) is 0. The van der Waals surface area contributed by atoms with Crippen molar-refractivity contribution in [3.63, 3.8) is 0 Å². The van der Waals surface area contributed by atoms with E-state index in [2.05, 4.69) is 10.6 Å². The maximum Gasteiger partial charge on any atom is 0.283 e. The lowest BCUT2D eigenvalue weighted by Gasteiger charge is -2.15. The highest BCUT2D eigenvalue weighted by Gasteiger charge is 2.39. The van der Waals surface area contributed by atoms with E-state index in [1.165, 1.54) is 19.1 Å². The van der Waals surface area contributed by atoms with Gasteiger partial charge in [-0.3, -0.25) is 19.2 Å². The Balaban J connectivity index is 1.51. The van der Waals surface area contributed by atoms with Gasteiger partial charge >= 0.3 is 0 Å². The molecule has 34 heavy (non-hydrogen) atoms. The summed E-state index contributed by atoms with van der Waals surface area (Å²) in [6, 6.07) is 19.2. The van der Waals surface area contributed by atoms with E-state index in [0.29, 0.717) is 33.2 Å². The quantitative estimate of drug-likeness (QED) is 0.362. The van der Waals surface area contributed by atoms with Gasteiger partial charge in [0.25, 0.3) is 17.7 Å². The number of carbonyl (C=O) groups excluding carboxylic acids is 4. The number of nitrogens with zero attached hydrogens (tertiary/aromatic N) is 1. The first-order valence-corrected chi connectivity index (χ1v) is 10.8. The molecule has 2 N–H and O–H groups in total. The third-order valence-corrected chi connectivity index (χ3v) is 5.62. The molecule has 1 aliphatic rings. The molecule has 0 radical (unpaired) electrons. The second kappa shape index (κ2) is 9.51. The molecule has 3 aromatic carbocycles. The van der Waals surface area contributed by atoms with Crippen molar-refractivity contribution in [3.05, 3.63) is 99.7 Å². The van der Waals surface area contributed by atoms with Gasteiger partial charge in [0.2, 0.25) is 0 Å². The Morgan fingerprint density at radius 2 is 1.50 bits per heavy atom. The SMILES string of the molecule is CC(=O)c1ccc(NC(=O)c2cccc(NC3=C(Cl)C(=O)N(c4cccc(Cl)c4)C3=O)c2)cc1. The molecule has 0 atom stereocenters. The monoisotopic (exact) mass is 493 g/mol. The number of imide groups is 1. The Morgan fingerprint density at radius 1 is 0.794 bits per heavy atom. The van der Waals surface area contributed by atoms with Crippen LogP contribution >= 0.6 is 23.2 Å². The van der Waals surface area contributed by atoms with Crippen LogP contribution in [0.3, 0.4) is 0 Å². The molecular weight excluding hydrogens is 477 g/mol. The van der Waals surface area contributed by atoms with Crippen LogP contribution in [-0.4, -0.2) is 23.5 Å². The molecule has 4 rings (SSSR count). The number of ketones is 1. The highest BCUT2D eigenvalue weighted by molar-refractivity contribution is 6.53. The molecule has 9 heteroatoms. The molecule has 0 fully saturated rings. The summed E-state index contributed by atoms with van der Waals surface area (Å²) in [5.41, 5.74) is 1.94. The molecule has 0 saturated carbocycles. The summed E-state index contributed by atoms with van der Waals surface area (Å²) in [6.45, 7) is 1.46. The van der Waals surface area contributed by atoms with Crippen molar-refractivity contribution in [3.8, 4) is 0 Å². The second-order valence-corrected chi connectivity index (χ2v) is 8.22. The van der Waals surface area contributed by atoms with Crippen LogP contribution in [0.25, 0.3) is 0 Å². The van der Waals surface area contributed by atoms with Gasteiger partial charge in [-0.25, -0.2) is 4.90 Å². The molecule has 0 unspecified atom stereocenters. The Labute approximate surface area is 205 Å². The minimum absolute atomic E-state index is 0.0708. The first-order valence-electron chi connectivity index (χ1n) is 10.1. The fraction of sp³-hybridized carbons (Fsp3) is 0.0400. The van der Waals surface area contributed by atoms with Crippen molar-refractivity contribution < 1.29 is 19.2 Å². The van der Waals surface area contributed by atoms with E-state index < -0.39 is 17.7 Å². The minimum Gasteiger partial charge on any atom is -0.350 e. The molecule has 0 spiro atoms. The van der Waals surface area contributed by atoms with E-state index >= 15 is 0 Å². The first kappa shape index (κ1) is 23.2. The van der Waals surface area contributed by atoms with Gasteiger partial charge < -0.3 is 10.6 Å². The van der Waals surface area contributed by atoms with Crippen LogP contribution in [0, 0.1) is 0 Å². The molecule has 0 bridgehead atoms. The number of anilines is 3. The number of hydrogen-bond acceptors (Lipinski definition) is 5. The zero-order valence-electron chi connectivity index (χ0n) is 17.8. The summed E-state index contributed by atoms with van der Waals surface area (Å²) in [6.07, 6.45) is 0. The van der Waals surface area contributed by atoms with Crippen molar-refractivity contribution in [1.29, 1.82) is 0 Å². The maximum absolute atomic E-state index is 12.9. The lowest BCUT2D eigenvalue weighted by molar-refractivity contribution is -0.120. The van der Waals surface area contributed by atoms with Crippen molar-refractivity contribution in [2.24, 2.45) is 0 Å². The predicted octanol–water partition coefficient (Wildman–Crippen LogP) is 5.23. The van der Waals surface area contributed by atoms with Crippen LogP contribution in [0.5, 0.6) is 0 Å². The summed E-state index contributed by atoms with van der Waals surface area (Å²) in [5.74, 6) is -1.79. The Bertz CT molecular complexity index is 1370. The number of benzene rings is 3. The summed E-state index contributed by atoms with van der Waals surface area (Å²) < 4.78 is 0. The number of amides is 3. The van der Waals surface area contributed by atoms with Gasteiger partial charge in [-0.05, 0) is 67.6 Å². The summed E-state index contributed by atoms with van der Waals surface area (Å²) in [4.78, 5) is 50.6. The Kier molecular flexibility index (Phi) is 6.49. The van der Waals surface area contributed by atoms with Crippen molar-refractivity contribution in [2.75, 3.05) is 15.5 Å². The van der Waals surface area contributed by atoms with Crippen LogP contribution < -0.4 is 15.5 Å². The number of carbonyl (C=O) groups is 4. The fourth-order valence-corrected chi connectivity index (χ4v) is 3.73. The topological polar surface area (TPSA) is 95.6 Å². The molecule has 7 nitrogen and oxygen atoms in total. The van der Waals surface area contributed by atoms with E-state index in [0.717, 1.165) is 4.90 Å². The fourth-order valence-electron chi connectivity index (χ4n) is 3.34. The Hall–Kier alpha value is -3.94. The molecule has 1 aliphatic heterocycles. The van der Waals surface area contributed by atoms with Crippen LogP contribution in [0.4, 0.5) is 17.1 Å². The lowest BCUT2D eigenvalue weighted by Crippen LogP contribution is -2.32. The zero-order chi connectivity index (χ0) is 24.4. The van der Waals surface area contributed by atoms with Crippen molar-refractivity contribution in [2.45, 2.75) is 6.92 Å². The number of rotatable bonds is 6. The number of nitrogens with one attached hydrogen (secondary N) is 2. The van der Waals surface area contributed by atoms with Gasteiger partial charge in [-0.1, -0.05) is 35.3 Å². The maximum atomic E-state index is 12.9. The first-order chi connectivity index (χ1) is 16.2. The predicted molar refractivity (Wildman–Crippen MR) is 131 cm³/mol. The van der Waals surface area contributed by atoms with Crippen molar-refractivity contribution in [1.82, 2.24) is 0 Å². The normalized spacial score (nSPS) is 13.3. The smallest absolute Gasteiger partial charge is 0.283 e. The van der Waals surface area contributed by atoms with Gasteiger partial charge in [0.1, 0.15) is 10.7 Å². The average Bonchev–Trinajstić information content (AvgIpc) is 3.02. The third-order valence-electron chi connectivity index (χ3n) is 5.04. The van der Waals surface area contributed by atoms with E-state index in [1.807, 2.05) is 0 Å². The van der Waals surface area contributed by atoms with Crippen LogP contribution in [-0.2, 0) is 9.59 Å². The molecule has 3 aromatic rings. The highest BCUT2D eigenvalue weighted by Crippen LogP contribution is 2.31. The largest absolute Gasteiger partial charge is 0.350 e. The molecule has 0 saturated heterocycles. The summed E-state index contributed by atoms with van der Waals surface area (Å²) >= 11 is 12.2. The van der Waals surface area contributed by atoms with Gasteiger partial charge in [0.15, 0.2) is 5.78 Å². The number of hydrogen-bond donors (Lipinski definition) is 2. The standard InChI is InChI=1S/C25H17Cl2N3O4/c1-14(31)15-8-10-18(11-9-15)29-23(32)16-4-2-6-19(12-16)28-22-21(27)24(33)30(25(22)34)20-7-3-5-17(26)13-20/h2-13,28H,1H3,(H,29,32). The molecular formula is C25H17Cl2N3O4. The van der Waals surface area contributed by atoms with Crippen LogP contribution in [0.15, 0.2) is 83.5 Å². The van der Waals surface area contributed by atoms with E-state index in [-0.39, 0.29) is 16.5 Å². The molecule has 1 heterocycles. The second-order valence-electron chi connectivity index (χ2n) is 7.41. The van der Waals surface area contributed by atoms with E-state index in [9.17, 15) is 19.2 Å². The molecule has 170 valence electrons. The van der Waals surface area contributed by atoms with E-state index in [4.69, 9.17) is 23.2 Å². The summed E-state index contributed by atoms with van der Waals surface area (Å²) in [5, 5.41) is 5.69. The van der Waals surface area contributed by atoms with Crippen LogP contribution in [0.2, 0.25) is 5.02 Å². The molecule has 0 aliphatic carbocycles. The average molecular weight is 494 g/mol. The van der Waals surface area contributed by atoms with E-state index in [1.54, 1.807) is 60.7 Å². The lowest BCUT2D eigenvalue weighted by atomic mass is 10.1. The third kappa shape index (κ3) is 4.71. The molecule has 0 aromatic heterocycles.